The lowest BCUT2D eigenvalue weighted by atomic mass is 10.3. The fourth-order valence-corrected chi connectivity index (χ4v) is 2.18. The van der Waals surface area contributed by atoms with Crippen LogP contribution in [0, 0.1) is 6.92 Å². The van der Waals surface area contributed by atoms with Crippen molar-refractivity contribution in [2.45, 2.75) is 6.92 Å². The standard InChI is InChI=1S/C15H16N6O/c1-11-6-8-21(18-11)15-17-10-13(20(15)3)14(22)19(2)12-5-4-7-16-9-12/h4-10H,1-3H3. The summed E-state index contributed by atoms with van der Waals surface area (Å²) < 4.78 is 3.37. The number of imidazole rings is 1. The number of pyridine rings is 1. The van der Waals surface area contributed by atoms with Crippen molar-refractivity contribution in [3.05, 3.63) is 54.4 Å². The fourth-order valence-electron chi connectivity index (χ4n) is 2.18. The number of carbonyl (C=O) groups excluding carboxylic acids is 1. The molecule has 0 fully saturated rings. The van der Waals surface area contributed by atoms with Gasteiger partial charge in [0, 0.05) is 26.5 Å². The van der Waals surface area contributed by atoms with E-state index in [1.54, 1.807) is 52.9 Å². The lowest BCUT2D eigenvalue weighted by molar-refractivity contribution is 0.0985. The van der Waals surface area contributed by atoms with Crippen molar-refractivity contribution < 1.29 is 4.79 Å². The van der Waals surface area contributed by atoms with Gasteiger partial charge in [0.25, 0.3) is 5.91 Å². The smallest absolute Gasteiger partial charge is 0.276 e. The van der Waals surface area contributed by atoms with Crippen LogP contribution in [0.2, 0.25) is 0 Å². The Morgan fingerprint density at radius 2 is 2.09 bits per heavy atom. The number of carbonyl (C=O) groups is 1. The van der Waals surface area contributed by atoms with Crippen LogP contribution >= 0.6 is 0 Å². The van der Waals surface area contributed by atoms with Gasteiger partial charge in [0.1, 0.15) is 5.69 Å². The molecule has 0 aliphatic rings. The molecule has 0 saturated heterocycles. The minimum atomic E-state index is -0.155. The molecular weight excluding hydrogens is 280 g/mol. The third-order valence-corrected chi connectivity index (χ3v) is 3.45. The van der Waals surface area contributed by atoms with E-state index < -0.39 is 0 Å². The van der Waals surface area contributed by atoms with Crippen LogP contribution in [0.5, 0.6) is 0 Å². The second-order valence-corrected chi connectivity index (χ2v) is 4.98. The van der Waals surface area contributed by atoms with E-state index in [-0.39, 0.29) is 5.91 Å². The number of anilines is 1. The zero-order chi connectivity index (χ0) is 15.7. The van der Waals surface area contributed by atoms with Gasteiger partial charge in [-0.05, 0) is 25.1 Å². The molecule has 3 aromatic rings. The quantitative estimate of drug-likeness (QED) is 0.736. The van der Waals surface area contributed by atoms with Gasteiger partial charge >= 0.3 is 0 Å². The Kier molecular flexibility index (Phi) is 3.46. The average molecular weight is 296 g/mol. The van der Waals surface area contributed by atoms with Gasteiger partial charge in [0.05, 0.1) is 23.8 Å². The predicted molar refractivity (Wildman–Crippen MR) is 82.0 cm³/mol. The molecule has 7 nitrogen and oxygen atoms in total. The zero-order valence-electron chi connectivity index (χ0n) is 12.6. The molecular formula is C15H16N6O. The molecule has 0 atom stereocenters. The molecule has 3 heterocycles. The van der Waals surface area contributed by atoms with Crippen LogP contribution in [0.15, 0.2) is 43.0 Å². The monoisotopic (exact) mass is 296 g/mol. The summed E-state index contributed by atoms with van der Waals surface area (Å²) in [6.07, 6.45) is 6.69. The molecule has 112 valence electrons. The van der Waals surface area contributed by atoms with E-state index in [2.05, 4.69) is 15.1 Å². The van der Waals surface area contributed by atoms with Gasteiger partial charge in [0.2, 0.25) is 5.95 Å². The van der Waals surface area contributed by atoms with Gasteiger partial charge in [0.15, 0.2) is 0 Å². The van der Waals surface area contributed by atoms with E-state index in [9.17, 15) is 4.79 Å². The fraction of sp³-hybridized carbons (Fsp3) is 0.200. The first-order valence-electron chi connectivity index (χ1n) is 6.80. The largest absolute Gasteiger partial charge is 0.309 e. The summed E-state index contributed by atoms with van der Waals surface area (Å²) in [6.45, 7) is 1.90. The first-order valence-corrected chi connectivity index (χ1v) is 6.80. The van der Waals surface area contributed by atoms with Crippen LogP contribution in [-0.4, -0.2) is 37.3 Å². The Morgan fingerprint density at radius 3 is 2.73 bits per heavy atom. The first-order chi connectivity index (χ1) is 10.6. The minimum Gasteiger partial charge on any atom is -0.309 e. The number of rotatable bonds is 3. The van der Waals surface area contributed by atoms with Crippen molar-refractivity contribution in [3.8, 4) is 5.95 Å². The van der Waals surface area contributed by atoms with Crippen molar-refractivity contribution in [2.24, 2.45) is 7.05 Å². The van der Waals surface area contributed by atoms with E-state index in [1.165, 1.54) is 0 Å². The summed E-state index contributed by atoms with van der Waals surface area (Å²) in [6, 6.07) is 5.51. The van der Waals surface area contributed by atoms with E-state index in [0.717, 1.165) is 11.4 Å². The van der Waals surface area contributed by atoms with Gasteiger partial charge in [-0.2, -0.15) is 5.10 Å². The van der Waals surface area contributed by atoms with E-state index in [0.29, 0.717) is 11.6 Å². The molecule has 3 rings (SSSR count). The predicted octanol–water partition coefficient (Wildman–Crippen LogP) is 1.59. The molecule has 0 aliphatic carbocycles. The van der Waals surface area contributed by atoms with Crippen molar-refractivity contribution in [3.63, 3.8) is 0 Å². The minimum absolute atomic E-state index is 0.155. The summed E-state index contributed by atoms with van der Waals surface area (Å²) in [7, 11) is 3.51. The molecule has 0 N–H and O–H groups in total. The molecule has 0 unspecified atom stereocenters. The third-order valence-electron chi connectivity index (χ3n) is 3.45. The normalized spacial score (nSPS) is 10.7. The highest BCUT2D eigenvalue weighted by Gasteiger charge is 2.20. The number of nitrogens with zero attached hydrogens (tertiary/aromatic N) is 6. The lowest BCUT2D eigenvalue weighted by Crippen LogP contribution is -2.28. The Balaban J connectivity index is 1.93. The summed E-state index contributed by atoms with van der Waals surface area (Å²) in [4.78, 5) is 22.5. The molecule has 0 radical (unpaired) electrons. The maximum Gasteiger partial charge on any atom is 0.276 e. The van der Waals surface area contributed by atoms with Crippen molar-refractivity contribution in [1.29, 1.82) is 0 Å². The van der Waals surface area contributed by atoms with Gasteiger partial charge in [-0.15, -0.1) is 0 Å². The zero-order valence-corrected chi connectivity index (χ0v) is 12.6. The van der Waals surface area contributed by atoms with Gasteiger partial charge in [-0.25, -0.2) is 9.67 Å². The molecule has 0 spiro atoms. The number of hydrogen-bond donors (Lipinski definition) is 0. The number of hydrogen-bond acceptors (Lipinski definition) is 4. The maximum atomic E-state index is 12.6. The highest BCUT2D eigenvalue weighted by Crippen LogP contribution is 2.15. The first kappa shape index (κ1) is 14.0. The van der Waals surface area contributed by atoms with E-state index in [1.807, 2.05) is 25.3 Å². The third kappa shape index (κ3) is 2.37. The van der Waals surface area contributed by atoms with Crippen LogP contribution in [0.1, 0.15) is 16.2 Å². The molecule has 3 aromatic heterocycles. The van der Waals surface area contributed by atoms with Crippen molar-refractivity contribution in [2.75, 3.05) is 11.9 Å². The molecule has 0 saturated carbocycles. The van der Waals surface area contributed by atoms with E-state index in [4.69, 9.17) is 0 Å². The Labute approximate surface area is 127 Å². The number of amides is 1. The summed E-state index contributed by atoms with van der Waals surface area (Å²) in [5, 5.41) is 4.32. The average Bonchev–Trinajstić information content (AvgIpc) is 3.12. The Morgan fingerprint density at radius 1 is 1.27 bits per heavy atom. The van der Waals surface area contributed by atoms with Crippen LogP contribution < -0.4 is 4.90 Å². The second kappa shape index (κ2) is 5.44. The second-order valence-electron chi connectivity index (χ2n) is 4.98. The van der Waals surface area contributed by atoms with Crippen LogP contribution in [-0.2, 0) is 7.05 Å². The van der Waals surface area contributed by atoms with Crippen LogP contribution in [0.25, 0.3) is 5.95 Å². The highest BCUT2D eigenvalue weighted by atomic mass is 16.2. The Hall–Kier alpha value is -2.96. The molecule has 0 bridgehead atoms. The maximum absolute atomic E-state index is 12.6. The molecule has 0 aromatic carbocycles. The lowest BCUT2D eigenvalue weighted by Gasteiger charge is -2.16. The Bertz CT molecular complexity index is 805. The number of aryl methyl sites for hydroxylation is 1. The van der Waals surface area contributed by atoms with Crippen LogP contribution in [0.3, 0.4) is 0 Å². The summed E-state index contributed by atoms with van der Waals surface area (Å²) in [5.74, 6) is 0.439. The molecule has 1 amide bonds. The SMILES string of the molecule is Cc1ccn(-c2ncc(C(=O)N(C)c3cccnc3)n2C)n1. The van der Waals surface area contributed by atoms with Crippen molar-refractivity contribution >= 4 is 11.6 Å². The summed E-state index contributed by atoms with van der Waals surface area (Å²) >= 11 is 0. The van der Waals surface area contributed by atoms with Gasteiger partial charge < -0.3 is 9.47 Å². The topological polar surface area (TPSA) is 68.8 Å². The molecule has 0 aliphatic heterocycles. The molecule has 7 heteroatoms. The van der Waals surface area contributed by atoms with Gasteiger partial charge in [-0.3, -0.25) is 9.78 Å². The number of aromatic nitrogens is 5. The van der Waals surface area contributed by atoms with E-state index >= 15 is 0 Å². The summed E-state index contributed by atoms with van der Waals surface area (Å²) in [5.41, 5.74) is 2.10. The van der Waals surface area contributed by atoms with Crippen molar-refractivity contribution in [1.82, 2.24) is 24.3 Å². The molecule has 22 heavy (non-hydrogen) atoms. The van der Waals surface area contributed by atoms with Crippen LogP contribution in [0.4, 0.5) is 5.69 Å². The highest BCUT2D eigenvalue weighted by molar-refractivity contribution is 6.04. The van der Waals surface area contributed by atoms with Gasteiger partial charge in [-0.1, -0.05) is 0 Å².